The molecule has 132 valence electrons. The van der Waals surface area contributed by atoms with Crippen molar-refractivity contribution in [2.75, 3.05) is 0 Å². The number of rotatable bonds is 4. The number of hydrogen-bond donors (Lipinski definition) is 1. The van der Waals surface area contributed by atoms with Crippen molar-refractivity contribution in [2.24, 2.45) is 5.92 Å². The first-order valence-electron chi connectivity index (χ1n) is 9.04. The number of thiazole rings is 1. The van der Waals surface area contributed by atoms with Gasteiger partial charge in [-0.2, -0.15) is 0 Å². The second-order valence-corrected chi connectivity index (χ2v) is 7.94. The van der Waals surface area contributed by atoms with E-state index >= 15 is 0 Å². The van der Waals surface area contributed by atoms with Gasteiger partial charge in [-0.15, -0.1) is 11.3 Å². The minimum Gasteiger partial charge on any atom is -0.352 e. The molecule has 2 aromatic carbocycles. The maximum atomic E-state index is 12.9. The maximum absolute atomic E-state index is 12.9. The first kappa shape index (κ1) is 17.0. The molecule has 0 radical (unpaired) electrons. The lowest BCUT2D eigenvalue weighted by molar-refractivity contribution is -0.125. The van der Waals surface area contributed by atoms with Crippen LogP contribution in [-0.2, 0) is 11.3 Å². The van der Waals surface area contributed by atoms with Crippen molar-refractivity contribution in [3.05, 3.63) is 76.8 Å². The van der Waals surface area contributed by atoms with Crippen molar-refractivity contribution in [2.45, 2.75) is 32.2 Å². The molecule has 26 heavy (non-hydrogen) atoms. The summed E-state index contributed by atoms with van der Waals surface area (Å²) in [5.74, 6) is 0.237. The second-order valence-electron chi connectivity index (χ2n) is 6.88. The van der Waals surface area contributed by atoms with Gasteiger partial charge in [0.05, 0.1) is 21.1 Å². The summed E-state index contributed by atoms with van der Waals surface area (Å²) in [6.45, 7) is 2.64. The van der Waals surface area contributed by atoms with Crippen molar-refractivity contribution >= 4 is 27.5 Å². The lowest BCUT2D eigenvalue weighted by Crippen LogP contribution is -2.34. The highest BCUT2D eigenvalue weighted by atomic mass is 32.1. The number of para-hydroxylation sites is 1. The summed E-state index contributed by atoms with van der Waals surface area (Å²) in [5.41, 5.74) is 3.39. The Balaban J connectivity index is 1.50. The number of carbonyl (C=O) groups excluding carboxylic acids is 1. The Hall–Kier alpha value is -2.46. The topological polar surface area (TPSA) is 42.0 Å². The highest BCUT2D eigenvalue weighted by Crippen LogP contribution is 2.38. The minimum absolute atomic E-state index is 0.0500. The smallest absolute Gasteiger partial charge is 0.224 e. The van der Waals surface area contributed by atoms with Crippen molar-refractivity contribution < 1.29 is 4.79 Å². The molecule has 1 amide bonds. The van der Waals surface area contributed by atoms with E-state index in [0.29, 0.717) is 6.54 Å². The molecular weight excluding hydrogens is 340 g/mol. The number of allylic oxidation sites excluding steroid dienone is 2. The van der Waals surface area contributed by atoms with Gasteiger partial charge in [0.25, 0.3) is 0 Å². The van der Waals surface area contributed by atoms with Gasteiger partial charge in [-0.3, -0.25) is 4.79 Å². The highest BCUT2D eigenvalue weighted by Gasteiger charge is 2.32. The van der Waals surface area contributed by atoms with Crippen LogP contribution in [0.4, 0.5) is 0 Å². The fraction of sp³-hybridized carbons (Fsp3) is 0.273. The molecular formula is C22H22N2OS. The number of fused-ring (bicyclic) bond motifs is 1. The quantitative estimate of drug-likeness (QED) is 0.666. The van der Waals surface area contributed by atoms with Crippen LogP contribution in [0, 0.1) is 12.8 Å². The van der Waals surface area contributed by atoms with Crippen LogP contribution in [-0.4, -0.2) is 10.9 Å². The monoisotopic (exact) mass is 362 g/mol. The summed E-state index contributed by atoms with van der Waals surface area (Å²) in [6, 6.07) is 16.5. The van der Waals surface area contributed by atoms with Crippen LogP contribution in [0.2, 0.25) is 0 Å². The molecule has 0 spiro atoms. The van der Waals surface area contributed by atoms with E-state index in [-0.39, 0.29) is 17.7 Å². The molecule has 1 heterocycles. The molecule has 0 aliphatic heterocycles. The molecule has 1 aliphatic rings. The summed E-state index contributed by atoms with van der Waals surface area (Å²) in [5, 5.41) is 4.20. The fourth-order valence-electron chi connectivity index (χ4n) is 3.45. The molecule has 4 heteroatoms. The zero-order valence-corrected chi connectivity index (χ0v) is 15.6. The van der Waals surface area contributed by atoms with Gasteiger partial charge >= 0.3 is 0 Å². The first-order valence-corrected chi connectivity index (χ1v) is 9.86. The summed E-state index contributed by atoms with van der Waals surface area (Å²) in [6.07, 6.45) is 5.96. The van der Waals surface area contributed by atoms with Crippen molar-refractivity contribution in [1.29, 1.82) is 0 Å². The molecule has 0 saturated carbocycles. The standard InChI is InChI=1S/C22H22N2OS/c1-15-10-12-16(13-11-15)14-23-21(25)17-6-2-3-7-18(17)22-24-19-8-4-5-9-20(19)26-22/h2-5,8-13,17-18H,6-7,14H2,1H3,(H,23,25). The van der Waals surface area contributed by atoms with E-state index in [0.717, 1.165) is 28.9 Å². The highest BCUT2D eigenvalue weighted by molar-refractivity contribution is 7.18. The van der Waals surface area contributed by atoms with E-state index in [1.54, 1.807) is 11.3 Å². The minimum atomic E-state index is -0.0500. The molecule has 3 aromatic rings. The normalized spacial score (nSPS) is 19.6. The number of nitrogens with zero attached hydrogens (tertiary/aromatic N) is 1. The Morgan fingerprint density at radius 2 is 1.88 bits per heavy atom. The number of carbonyl (C=O) groups is 1. The van der Waals surface area contributed by atoms with Gasteiger partial charge in [-0.1, -0.05) is 54.1 Å². The van der Waals surface area contributed by atoms with Gasteiger partial charge < -0.3 is 5.32 Å². The summed E-state index contributed by atoms with van der Waals surface area (Å²) in [7, 11) is 0. The van der Waals surface area contributed by atoms with Crippen LogP contribution in [0.1, 0.15) is 34.9 Å². The summed E-state index contributed by atoms with van der Waals surface area (Å²) >= 11 is 1.72. The zero-order chi connectivity index (χ0) is 17.9. The van der Waals surface area contributed by atoms with E-state index < -0.39 is 0 Å². The SMILES string of the molecule is Cc1ccc(CNC(=O)C2CC=CCC2c2nc3ccccc3s2)cc1. The predicted octanol–water partition coefficient (Wildman–Crippen LogP) is 4.97. The number of benzene rings is 2. The van der Waals surface area contributed by atoms with Gasteiger partial charge in [0.1, 0.15) is 0 Å². The van der Waals surface area contributed by atoms with Gasteiger partial charge in [0, 0.05) is 12.5 Å². The van der Waals surface area contributed by atoms with E-state index in [1.165, 1.54) is 10.3 Å². The average molecular weight is 362 g/mol. The number of amides is 1. The molecule has 4 rings (SSSR count). The van der Waals surface area contributed by atoms with E-state index in [9.17, 15) is 4.79 Å². The van der Waals surface area contributed by atoms with Crippen LogP contribution in [0.25, 0.3) is 10.2 Å². The third-order valence-corrected chi connectivity index (χ3v) is 6.15. The average Bonchev–Trinajstić information content (AvgIpc) is 3.11. The summed E-state index contributed by atoms with van der Waals surface area (Å²) < 4.78 is 1.19. The lowest BCUT2D eigenvalue weighted by Gasteiger charge is -2.26. The largest absolute Gasteiger partial charge is 0.352 e. The van der Waals surface area contributed by atoms with Crippen molar-refractivity contribution in [3.8, 4) is 0 Å². The van der Waals surface area contributed by atoms with Crippen LogP contribution in [0.5, 0.6) is 0 Å². The maximum Gasteiger partial charge on any atom is 0.224 e. The van der Waals surface area contributed by atoms with Gasteiger partial charge in [-0.25, -0.2) is 4.98 Å². The predicted molar refractivity (Wildman–Crippen MR) is 107 cm³/mol. The van der Waals surface area contributed by atoms with Crippen LogP contribution in [0.15, 0.2) is 60.7 Å². The molecule has 1 N–H and O–H groups in total. The molecule has 3 nitrogen and oxygen atoms in total. The van der Waals surface area contributed by atoms with Crippen LogP contribution < -0.4 is 5.32 Å². The van der Waals surface area contributed by atoms with E-state index in [1.807, 2.05) is 18.2 Å². The first-order chi connectivity index (χ1) is 12.7. The number of nitrogens with one attached hydrogen (secondary N) is 1. The van der Waals surface area contributed by atoms with Gasteiger partial charge in [-0.05, 0) is 37.5 Å². The fourth-order valence-corrected chi connectivity index (χ4v) is 4.60. The molecule has 1 aliphatic carbocycles. The van der Waals surface area contributed by atoms with E-state index in [4.69, 9.17) is 4.98 Å². The molecule has 0 saturated heterocycles. The summed E-state index contributed by atoms with van der Waals surface area (Å²) in [4.78, 5) is 17.7. The third kappa shape index (κ3) is 3.56. The number of hydrogen-bond acceptors (Lipinski definition) is 3. The molecule has 2 atom stereocenters. The number of aryl methyl sites for hydroxylation is 1. The van der Waals surface area contributed by atoms with Crippen LogP contribution in [0.3, 0.4) is 0 Å². The Kier molecular flexibility index (Phi) is 4.85. The Labute approximate surface area is 157 Å². The molecule has 0 bridgehead atoms. The van der Waals surface area contributed by atoms with Gasteiger partial charge in [0.2, 0.25) is 5.91 Å². The van der Waals surface area contributed by atoms with Gasteiger partial charge in [0.15, 0.2) is 0 Å². The Morgan fingerprint density at radius 3 is 2.69 bits per heavy atom. The molecule has 1 aromatic heterocycles. The molecule has 2 unspecified atom stereocenters. The zero-order valence-electron chi connectivity index (χ0n) is 14.8. The molecule has 0 fully saturated rings. The van der Waals surface area contributed by atoms with E-state index in [2.05, 4.69) is 54.7 Å². The number of aromatic nitrogens is 1. The Morgan fingerprint density at radius 1 is 1.12 bits per heavy atom. The van der Waals surface area contributed by atoms with Crippen molar-refractivity contribution in [3.63, 3.8) is 0 Å². The second kappa shape index (κ2) is 7.42. The Bertz CT molecular complexity index is 909. The third-order valence-electron chi connectivity index (χ3n) is 4.98. The van der Waals surface area contributed by atoms with Crippen LogP contribution >= 0.6 is 11.3 Å². The van der Waals surface area contributed by atoms with Crippen molar-refractivity contribution in [1.82, 2.24) is 10.3 Å². The lowest BCUT2D eigenvalue weighted by atomic mass is 9.82.